The number of anilines is 1. The third kappa shape index (κ3) is 3.61. The maximum Gasteiger partial charge on any atom is 0.257 e. The standard InChI is InChI=1S/C21H16BrN3O2/c1-2-13-10-17(22)19-18(11-13)25-21(27-19)14-5-7-16(8-6-14)24-20(26)15-4-3-9-23-12-15/h3-12H,2H2,1H3,(H,24,26). The van der Waals surface area contributed by atoms with Crippen molar-refractivity contribution in [3.05, 3.63) is 76.5 Å². The molecule has 0 aliphatic heterocycles. The minimum Gasteiger partial charge on any atom is -0.435 e. The molecule has 4 aromatic rings. The molecule has 27 heavy (non-hydrogen) atoms. The molecule has 2 aromatic heterocycles. The number of rotatable bonds is 4. The highest BCUT2D eigenvalue weighted by Gasteiger charge is 2.12. The van der Waals surface area contributed by atoms with Gasteiger partial charge in [-0.15, -0.1) is 0 Å². The number of nitrogens with one attached hydrogen (secondary N) is 1. The molecule has 5 nitrogen and oxygen atoms in total. The van der Waals surface area contributed by atoms with E-state index in [0.717, 1.165) is 27.6 Å². The van der Waals surface area contributed by atoms with Crippen LogP contribution in [0.15, 0.2) is 69.8 Å². The highest BCUT2D eigenvalue weighted by atomic mass is 79.9. The minimum absolute atomic E-state index is 0.200. The summed E-state index contributed by atoms with van der Waals surface area (Å²) in [6, 6.07) is 14.9. The van der Waals surface area contributed by atoms with Gasteiger partial charge < -0.3 is 9.73 Å². The van der Waals surface area contributed by atoms with Gasteiger partial charge in [-0.2, -0.15) is 0 Å². The Balaban J connectivity index is 1.58. The van der Waals surface area contributed by atoms with E-state index in [0.29, 0.717) is 17.1 Å². The summed E-state index contributed by atoms with van der Waals surface area (Å²) >= 11 is 3.55. The molecule has 0 atom stereocenters. The molecular weight excluding hydrogens is 406 g/mol. The van der Waals surface area contributed by atoms with E-state index in [1.165, 1.54) is 11.8 Å². The quantitative estimate of drug-likeness (QED) is 0.474. The number of oxazole rings is 1. The van der Waals surface area contributed by atoms with E-state index in [1.54, 1.807) is 18.3 Å². The van der Waals surface area contributed by atoms with Crippen LogP contribution in [0.25, 0.3) is 22.6 Å². The van der Waals surface area contributed by atoms with Gasteiger partial charge in [0, 0.05) is 23.6 Å². The summed E-state index contributed by atoms with van der Waals surface area (Å²) in [5.74, 6) is 0.345. The van der Waals surface area contributed by atoms with E-state index >= 15 is 0 Å². The van der Waals surface area contributed by atoms with Crippen molar-refractivity contribution in [1.29, 1.82) is 0 Å². The van der Waals surface area contributed by atoms with Crippen molar-refractivity contribution in [2.45, 2.75) is 13.3 Å². The van der Waals surface area contributed by atoms with Crippen molar-refractivity contribution in [2.75, 3.05) is 5.32 Å². The predicted octanol–water partition coefficient (Wildman–Crippen LogP) is 5.47. The molecule has 6 heteroatoms. The van der Waals surface area contributed by atoms with Gasteiger partial charge in [0.25, 0.3) is 5.91 Å². The SMILES string of the molecule is CCc1cc(Br)c2oc(-c3ccc(NC(=O)c4cccnc4)cc3)nc2c1. The molecule has 0 fully saturated rings. The van der Waals surface area contributed by atoms with E-state index in [9.17, 15) is 4.79 Å². The molecule has 2 heterocycles. The molecule has 0 unspecified atom stereocenters. The van der Waals surface area contributed by atoms with E-state index in [1.807, 2.05) is 36.4 Å². The summed E-state index contributed by atoms with van der Waals surface area (Å²) in [7, 11) is 0. The van der Waals surface area contributed by atoms with Crippen LogP contribution in [0, 0.1) is 0 Å². The van der Waals surface area contributed by atoms with Crippen LogP contribution < -0.4 is 5.32 Å². The third-order valence-corrected chi connectivity index (χ3v) is 4.82. The molecule has 4 rings (SSSR count). The number of carbonyl (C=O) groups is 1. The van der Waals surface area contributed by atoms with Gasteiger partial charge in [0.05, 0.1) is 10.0 Å². The van der Waals surface area contributed by atoms with Crippen LogP contribution in [-0.2, 0) is 6.42 Å². The normalized spacial score (nSPS) is 10.9. The van der Waals surface area contributed by atoms with E-state index in [4.69, 9.17) is 4.42 Å². The first kappa shape index (κ1) is 17.4. The summed E-state index contributed by atoms with van der Waals surface area (Å²) in [4.78, 5) is 20.8. The smallest absolute Gasteiger partial charge is 0.257 e. The molecule has 1 amide bonds. The average molecular weight is 422 g/mol. The summed E-state index contributed by atoms with van der Waals surface area (Å²) in [6.45, 7) is 2.10. The van der Waals surface area contributed by atoms with E-state index < -0.39 is 0 Å². The van der Waals surface area contributed by atoms with Crippen LogP contribution in [-0.4, -0.2) is 15.9 Å². The zero-order chi connectivity index (χ0) is 18.8. The molecular formula is C21H16BrN3O2. The Labute approximate surface area is 164 Å². The van der Waals surface area contributed by atoms with Crippen LogP contribution in [0.2, 0.25) is 0 Å². The molecule has 0 saturated carbocycles. The maximum absolute atomic E-state index is 12.2. The third-order valence-electron chi connectivity index (χ3n) is 4.23. The monoisotopic (exact) mass is 421 g/mol. The summed E-state index contributed by atoms with van der Waals surface area (Å²) in [5, 5.41) is 2.85. The van der Waals surface area contributed by atoms with Crippen LogP contribution in [0.5, 0.6) is 0 Å². The fourth-order valence-electron chi connectivity index (χ4n) is 2.77. The first-order valence-electron chi connectivity index (χ1n) is 8.55. The van der Waals surface area contributed by atoms with Gasteiger partial charge in [0.15, 0.2) is 5.58 Å². The number of nitrogens with zero attached hydrogens (tertiary/aromatic N) is 2. The number of pyridine rings is 1. The van der Waals surface area contributed by atoms with Crippen molar-refractivity contribution in [3.63, 3.8) is 0 Å². The largest absolute Gasteiger partial charge is 0.435 e. The molecule has 0 radical (unpaired) electrons. The van der Waals surface area contributed by atoms with Gasteiger partial charge in [0.1, 0.15) is 5.52 Å². The van der Waals surface area contributed by atoms with Crippen LogP contribution in [0.3, 0.4) is 0 Å². The topological polar surface area (TPSA) is 68.0 Å². The summed E-state index contributed by atoms with van der Waals surface area (Å²) < 4.78 is 6.82. The maximum atomic E-state index is 12.2. The van der Waals surface area contributed by atoms with Crippen molar-refractivity contribution in [2.24, 2.45) is 0 Å². The summed E-state index contributed by atoms with van der Waals surface area (Å²) in [5.41, 5.74) is 4.80. The van der Waals surface area contributed by atoms with Crippen LogP contribution >= 0.6 is 15.9 Å². The number of fused-ring (bicyclic) bond motifs is 1. The van der Waals surface area contributed by atoms with Gasteiger partial charge in [-0.3, -0.25) is 9.78 Å². The zero-order valence-corrected chi connectivity index (χ0v) is 16.2. The number of hydrogen-bond acceptors (Lipinski definition) is 4. The Morgan fingerprint density at radius 3 is 2.70 bits per heavy atom. The van der Waals surface area contributed by atoms with Crippen molar-refractivity contribution >= 4 is 38.6 Å². The van der Waals surface area contributed by atoms with Gasteiger partial charge in [-0.1, -0.05) is 6.92 Å². The first-order chi connectivity index (χ1) is 13.1. The first-order valence-corrected chi connectivity index (χ1v) is 9.34. The number of hydrogen-bond donors (Lipinski definition) is 1. The number of aryl methyl sites for hydroxylation is 1. The Bertz CT molecular complexity index is 1110. The predicted molar refractivity (Wildman–Crippen MR) is 109 cm³/mol. The molecule has 134 valence electrons. The number of aromatic nitrogens is 2. The fourth-order valence-corrected chi connectivity index (χ4v) is 3.35. The fraction of sp³-hybridized carbons (Fsp3) is 0.0952. The van der Waals surface area contributed by atoms with E-state index in [2.05, 4.69) is 38.1 Å². The molecule has 0 spiro atoms. The second kappa shape index (κ2) is 7.32. The van der Waals surface area contributed by atoms with Crippen LogP contribution in [0.1, 0.15) is 22.8 Å². The minimum atomic E-state index is -0.200. The average Bonchev–Trinajstić information content (AvgIpc) is 3.14. The van der Waals surface area contributed by atoms with Gasteiger partial charge in [0.2, 0.25) is 5.89 Å². The number of amides is 1. The Kier molecular flexibility index (Phi) is 4.73. The second-order valence-corrected chi connectivity index (χ2v) is 6.93. The van der Waals surface area contributed by atoms with Gasteiger partial charge >= 0.3 is 0 Å². The zero-order valence-electron chi connectivity index (χ0n) is 14.6. The molecule has 0 saturated heterocycles. The lowest BCUT2D eigenvalue weighted by atomic mass is 10.1. The number of halogens is 1. The lowest BCUT2D eigenvalue weighted by molar-refractivity contribution is 0.102. The van der Waals surface area contributed by atoms with Crippen molar-refractivity contribution < 1.29 is 9.21 Å². The van der Waals surface area contributed by atoms with E-state index in [-0.39, 0.29) is 5.91 Å². The molecule has 0 bridgehead atoms. The molecule has 0 aliphatic rings. The number of carbonyl (C=O) groups excluding carboxylic acids is 1. The lowest BCUT2D eigenvalue weighted by Gasteiger charge is -2.05. The molecule has 1 N–H and O–H groups in total. The highest BCUT2D eigenvalue weighted by Crippen LogP contribution is 2.31. The highest BCUT2D eigenvalue weighted by molar-refractivity contribution is 9.10. The molecule has 0 aliphatic carbocycles. The van der Waals surface area contributed by atoms with Gasteiger partial charge in [-0.25, -0.2) is 4.98 Å². The van der Waals surface area contributed by atoms with Crippen LogP contribution in [0.4, 0.5) is 5.69 Å². The van der Waals surface area contributed by atoms with Crippen molar-refractivity contribution in [3.8, 4) is 11.5 Å². The Hall–Kier alpha value is -2.99. The molecule has 2 aromatic carbocycles. The van der Waals surface area contributed by atoms with Crippen molar-refractivity contribution in [1.82, 2.24) is 9.97 Å². The second-order valence-electron chi connectivity index (χ2n) is 6.07. The lowest BCUT2D eigenvalue weighted by Crippen LogP contribution is -2.11. The Morgan fingerprint density at radius 2 is 2.00 bits per heavy atom. The Morgan fingerprint density at radius 1 is 1.19 bits per heavy atom. The summed E-state index contributed by atoms with van der Waals surface area (Å²) in [6.07, 6.45) is 4.10. The van der Waals surface area contributed by atoms with Gasteiger partial charge in [-0.05, 0) is 76.4 Å². The number of benzene rings is 2.